The Kier molecular flexibility index (Phi) is 4.70. The maximum Gasteiger partial charge on any atom is 0.261 e. The van der Waals surface area contributed by atoms with Gasteiger partial charge in [0.2, 0.25) is 0 Å². The van der Waals surface area contributed by atoms with Crippen LogP contribution < -0.4 is 0 Å². The summed E-state index contributed by atoms with van der Waals surface area (Å²) in [6.45, 7) is 3.48. The standard InChI is InChI=1S/C20H21NO4/c1-20(2,24-3)25-17-16(14-10-6-4-7-11-14)21(19(17)23)18(22)15-12-8-5-9-13-15/h4-13,16-17H,1-3H3/t16-,17+/m1/s1. The molecule has 0 aromatic heterocycles. The molecule has 25 heavy (non-hydrogen) atoms. The largest absolute Gasteiger partial charge is 0.354 e. The summed E-state index contributed by atoms with van der Waals surface area (Å²) < 4.78 is 11.1. The molecule has 1 aliphatic rings. The number of likely N-dealkylation sites (tertiary alicyclic amines) is 1. The van der Waals surface area contributed by atoms with Gasteiger partial charge in [0.05, 0.1) is 0 Å². The smallest absolute Gasteiger partial charge is 0.261 e. The van der Waals surface area contributed by atoms with Crippen LogP contribution in [0.5, 0.6) is 0 Å². The van der Waals surface area contributed by atoms with E-state index in [4.69, 9.17) is 9.47 Å². The SMILES string of the molecule is COC(C)(C)O[C@@H]1C(=O)N(C(=O)c2ccccc2)[C@@H]1c1ccccc1. The summed E-state index contributed by atoms with van der Waals surface area (Å²) in [6.07, 6.45) is -0.759. The lowest BCUT2D eigenvalue weighted by Crippen LogP contribution is -2.63. The number of carbonyl (C=O) groups is 2. The zero-order valence-electron chi connectivity index (χ0n) is 14.5. The maximum absolute atomic E-state index is 12.8. The lowest BCUT2D eigenvalue weighted by molar-refractivity contribution is -0.250. The van der Waals surface area contributed by atoms with Gasteiger partial charge in [-0.2, -0.15) is 0 Å². The highest BCUT2D eigenvalue weighted by atomic mass is 16.7. The number of hydrogen-bond donors (Lipinski definition) is 0. The minimum atomic E-state index is -0.921. The molecular weight excluding hydrogens is 318 g/mol. The van der Waals surface area contributed by atoms with Crippen molar-refractivity contribution in [3.8, 4) is 0 Å². The molecule has 0 spiro atoms. The highest BCUT2D eigenvalue weighted by molar-refractivity contribution is 6.10. The Hall–Kier alpha value is -2.50. The van der Waals surface area contributed by atoms with Crippen molar-refractivity contribution in [3.63, 3.8) is 0 Å². The normalized spacial score (nSPS) is 20.3. The summed E-state index contributed by atoms with van der Waals surface area (Å²) in [5.41, 5.74) is 1.32. The molecule has 3 rings (SSSR count). The van der Waals surface area contributed by atoms with Crippen molar-refractivity contribution < 1.29 is 19.1 Å². The first-order chi connectivity index (χ1) is 11.9. The first kappa shape index (κ1) is 17.3. The number of imide groups is 1. The van der Waals surface area contributed by atoms with Crippen LogP contribution in [0.3, 0.4) is 0 Å². The van der Waals surface area contributed by atoms with Crippen LogP contribution in [0.4, 0.5) is 0 Å². The van der Waals surface area contributed by atoms with Crippen molar-refractivity contribution in [3.05, 3.63) is 71.8 Å². The van der Waals surface area contributed by atoms with Crippen molar-refractivity contribution in [1.82, 2.24) is 4.90 Å². The zero-order valence-corrected chi connectivity index (χ0v) is 14.5. The summed E-state index contributed by atoms with van der Waals surface area (Å²) >= 11 is 0. The average molecular weight is 339 g/mol. The Morgan fingerprint density at radius 3 is 2.12 bits per heavy atom. The fourth-order valence-corrected chi connectivity index (χ4v) is 2.85. The van der Waals surface area contributed by atoms with E-state index in [9.17, 15) is 9.59 Å². The summed E-state index contributed by atoms with van der Waals surface area (Å²) in [5, 5.41) is 0. The number of β-lactam (4-membered cyclic amide) rings is 1. The molecule has 2 aromatic carbocycles. The third kappa shape index (κ3) is 3.34. The second kappa shape index (κ2) is 6.78. The van der Waals surface area contributed by atoms with Crippen molar-refractivity contribution in [1.29, 1.82) is 0 Å². The van der Waals surface area contributed by atoms with Crippen LogP contribution in [0.25, 0.3) is 0 Å². The quantitative estimate of drug-likeness (QED) is 0.477. The van der Waals surface area contributed by atoms with E-state index < -0.39 is 17.9 Å². The molecule has 0 bridgehead atoms. The van der Waals surface area contributed by atoms with Gasteiger partial charge in [-0.25, -0.2) is 0 Å². The van der Waals surface area contributed by atoms with Crippen LogP contribution in [-0.4, -0.2) is 35.7 Å². The Morgan fingerprint density at radius 1 is 1.00 bits per heavy atom. The molecule has 1 fully saturated rings. The van der Waals surface area contributed by atoms with E-state index in [1.165, 1.54) is 12.0 Å². The van der Waals surface area contributed by atoms with Gasteiger partial charge in [0, 0.05) is 12.7 Å². The predicted octanol–water partition coefficient (Wildman–Crippen LogP) is 3.18. The number of methoxy groups -OCH3 is 1. The number of carbonyl (C=O) groups excluding carboxylic acids is 2. The van der Waals surface area contributed by atoms with Crippen LogP contribution >= 0.6 is 0 Å². The number of hydrogen-bond acceptors (Lipinski definition) is 4. The van der Waals surface area contributed by atoms with E-state index in [1.807, 2.05) is 36.4 Å². The van der Waals surface area contributed by atoms with Gasteiger partial charge in [-0.3, -0.25) is 14.5 Å². The molecule has 2 atom stereocenters. The van der Waals surface area contributed by atoms with E-state index >= 15 is 0 Å². The third-order valence-corrected chi connectivity index (χ3v) is 4.33. The molecule has 1 aliphatic heterocycles. The number of amides is 2. The number of ether oxygens (including phenoxy) is 2. The average Bonchev–Trinajstić information content (AvgIpc) is 2.65. The van der Waals surface area contributed by atoms with Crippen LogP contribution in [0.1, 0.15) is 35.8 Å². The topological polar surface area (TPSA) is 55.8 Å². The Morgan fingerprint density at radius 2 is 1.56 bits per heavy atom. The lowest BCUT2D eigenvalue weighted by Gasteiger charge is -2.47. The molecule has 0 aliphatic carbocycles. The predicted molar refractivity (Wildman–Crippen MR) is 92.8 cm³/mol. The molecular formula is C20H21NO4. The summed E-state index contributed by atoms with van der Waals surface area (Å²) in [6, 6.07) is 17.7. The number of rotatable bonds is 5. The molecule has 130 valence electrons. The summed E-state index contributed by atoms with van der Waals surface area (Å²) in [4.78, 5) is 26.8. The first-order valence-corrected chi connectivity index (χ1v) is 8.15. The third-order valence-electron chi connectivity index (χ3n) is 4.33. The van der Waals surface area contributed by atoms with Crippen molar-refractivity contribution >= 4 is 11.8 Å². The number of benzene rings is 2. The van der Waals surface area contributed by atoms with E-state index in [2.05, 4.69) is 0 Å². The van der Waals surface area contributed by atoms with Gasteiger partial charge in [-0.15, -0.1) is 0 Å². The molecule has 0 radical (unpaired) electrons. The molecule has 5 nitrogen and oxygen atoms in total. The molecule has 0 N–H and O–H groups in total. The van der Waals surface area contributed by atoms with Gasteiger partial charge in [-0.05, 0) is 31.5 Å². The summed E-state index contributed by atoms with van der Waals surface area (Å²) in [7, 11) is 1.52. The molecule has 2 aromatic rings. The monoisotopic (exact) mass is 339 g/mol. The molecule has 1 heterocycles. The fourth-order valence-electron chi connectivity index (χ4n) is 2.85. The Bertz CT molecular complexity index is 758. The van der Waals surface area contributed by atoms with E-state index in [-0.39, 0.29) is 11.8 Å². The fraction of sp³-hybridized carbons (Fsp3) is 0.300. The van der Waals surface area contributed by atoms with Crippen LogP contribution in [-0.2, 0) is 14.3 Å². The highest BCUT2D eigenvalue weighted by Gasteiger charge is 2.54. The van der Waals surface area contributed by atoms with Crippen molar-refractivity contribution in [2.75, 3.05) is 7.11 Å². The van der Waals surface area contributed by atoms with Gasteiger partial charge < -0.3 is 9.47 Å². The van der Waals surface area contributed by atoms with Gasteiger partial charge in [0.25, 0.3) is 11.8 Å². The van der Waals surface area contributed by atoms with Crippen LogP contribution in [0.15, 0.2) is 60.7 Å². The molecule has 5 heteroatoms. The van der Waals surface area contributed by atoms with E-state index in [1.54, 1.807) is 38.1 Å². The highest BCUT2D eigenvalue weighted by Crippen LogP contribution is 2.40. The summed E-state index contributed by atoms with van der Waals surface area (Å²) in [5.74, 6) is -1.60. The Labute approximate surface area is 147 Å². The molecule has 0 unspecified atom stereocenters. The lowest BCUT2D eigenvalue weighted by atomic mass is 9.89. The first-order valence-electron chi connectivity index (χ1n) is 8.15. The number of nitrogens with zero attached hydrogens (tertiary/aromatic N) is 1. The molecule has 2 amide bonds. The van der Waals surface area contributed by atoms with E-state index in [0.29, 0.717) is 5.56 Å². The maximum atomic E-state index is 12.8. The minimum Gasteiger partial charge on any atom is -0.354 e. The van der Waals surface area contributed by atoms with Crippen LogP contribution in [0, 0.1) is 0 Å². The van der Waals surface area contributed by atoms with Crippen molar-refractivity contribution in [2.24, 2.45) is 0 Å². The minimum absolute atomic E-state index is 0.325. The zero-order chi connectivity index (χ0) is 18.0. The van der Waals surface area contributed by atoms with E-state index in [0.717, 1.165) is 5.56 Å². The molecule has 1 saturated heterocycles. The van der Waals surface area contributed by atoms with Gasteiger partial charge in [0.15, 0.2) is 11.9 Å². The van der Waals surface area contributed by atoms with Crippen LogP contribution in [0.2, 0.25) is 0 Å². The second-order valence-electron chi connectivity index (χ2n) is 6.38. The van der Waals surface area contributed by atoms with Gasteiger partial charge in [0.1, 0.15) is 6.04 Å². The second-order valence-corrected chi connectivity index (χ2v) is 6.38. The van der Waals surface area contributed by atoms with Gasteiger partial charge in [-0.1, -0.05) is 48.5 Å². The molecule has 0 saturated carbocycles. The Balaban J connectivity index is 1.93. The van der Waals surface area contributed by atoms with Crippen molar-refractivity contribution in [2.45, 2.75) is 31.8 Å². The van der Waals surface area contributed by atoms with Gasteiger partial charge >= 0.3 is 0 Å².